The van der Waals surface area contributed by atoms with Crippen LogP contribution < -0.4 is 11.5 Å². The number of primary amides is 1. The minimum Gasteiger partial charge on any atom is -0.398 e. The number of carbonyl (C=O) groups is 2. The van der Waals surface area contributed by atoms with Gasteiger partial charge < -0.3 is 16.4 Å². The van der Waals surface area contributed by atoms with E-state index < -0.39 is 0 Å². The topological polar surface area (TPSA) is 89.4 Å². The van der Waals surface area contributed by atoms with Gasteiger partial charge in [0, 0.05) is 25.2 Å². The number of piperidine rings is 1. The molecule has 0 aromatic heterocycles. The molecule has 20 heavy (non-hydrogen) atoms. The lowest BCUT2D eigenvalue weighted by molar-refractivity contribution is -0.118. The zero-order valence-corrected chi connectivity index (χ0v) is 11.5. The Morgan fingerprint density at radius 1 is 1.30 bits per heavy atom. The van der Waals surface area contributed by atoms with Crippen LogP contribution in [0.3, 0.4) is 0 Å². The second kappa shape index (κ2) is 6.41. The number of nitrogen functional groups attached to an aromatic ring is 1. The zero-order chi connectivity index (χ0) is 14.5. The molecule has 2 amide bonds. The quantitative estimate of drug-likeness (QED) is 0.814. The Morgan fingerprint density at radius 2 is 2.05 bits per heavy atom. The Labute approximate surface area is 118 Å². The van der Waals surface area contributed by atoms with Crippen molar-refractivity contribution < 1.29 is 9.59 Å². The van der Waals surface area contributed by atoms with Crippen LogP contribution >= 0.6 is 0 Å². The molecule has 4 N–H and O–H groups in total. The summed E-state index contributed by atoms with van der Waals surface area (Å²) in [4.78, 5) is 25.1. The maximum absolute atomic E-state index is 12.5. The van der Waals surface area contributed by atoms with Crippen LogP contribution in [0.1, 0.15) is 36.0 Å². The molecule has 1 unspecified atom stereocenters. The third-order valence-corrected chi connectivity index (χ3v) is 3.80. The Morgan fingerprint density at radius 3 is 2.75 bits per heavy atom. The summed E-state index contributed by atoms with van der Waals surface area (Å²) >= 11 is 0. The molecule has 0 spiro atoms. The minimum absolute atomic E-state index is 0.0214. The number of anilines is 1. The fraction of sp³-hybridized carbons (Fsp3) is 0.467. The van der Waals surface area contributed by atoms with Crippen molar-refractivity contribution in [3.63, 3.8) is 0 Å². The third kappa shape index (κ3) is 3.50. The van der Waals surface area contributed by atoms with Crippen molar-refractivity contribution in [3.05, 3.63) is 29.8 Å². The summed E-state index contributed by atoms with van der Waals surface area (Å²) in [6.45, 7) is 1.43. The van der Waals surface area contributed by atoms with E-state index in [1.807, 2.05) is 17.0 Å². The normalized spacial score (nSPS) is 18.8. The maximum Gasteiger partial charge on any atom is 0.255 e. The van der Waals surface area contributed by atoms with Gasteiger partial charge >= 0.3 is 0 Å². The molecule has 1 heterocycles. The van der Waals surface area contributed by atoms with Gasteiger partial charge in [-0.15, -0.1) is 0 Å². The fourth-order valence-electron chi connectivity index (χ4n) is 2.69. The van der Waals surface area contributed by atoms with E-state index in [1.54, 1.807) is 12.1 Å². The van der Waals surface area contributed by atoms with Gasteiger partial charge in [-0.25, -0.2) is 0 Å². The van der Waals surface area contributed by atoms with Crippen LogP contribution in [0.25, 0.3) is 0 Å². The number of nitrogens with two attached hydrogens (primary N) is 2. The molecule has 0 aliphatic carbocycles. The summed E-state index contributed by atoms with van der Waals surface area (Å²) in [7, 11) is 0. The van der Waals surface area contributed by atoms with Gasteiger partial charge in [-0.2, -0.15) is 0 Å². The van der Waals surface area contributed by atoms with Crippen molar-refractivity contribution in [1.29, 1.82) is 0 Å². The molecule has 1 aromatic carbocycles. The van der Waals surface area contributed by atoms with Gasteiger partial charge in [0.05, 0.1) is 5.56 Å². The van der Waals surface area contributed by atoms with Gasteiger partial charge in [-0.3, -0.25) is 9.59 Å². The van der Waals surface area contributed by atoms with Gasteiger partial charge in [0.1, 0.15) is 0 Å². The monoisotopic (exact) mass is 275 g/mol. The molecular formula is C15H21N3O2. The molecule has 1 saturated heterocycles. The first-order valence-corrected chi connectivity index (χ1v) is 7.00. The molecule has 5 nitrogen and oxygen atoms in total. The van der Waals surface area contributed by atoms with Crippen LogP contribution in [-0.4, -0.2) is 29.8 Å². The number of likely N-dealkylation sites (tertiary alicyclic amines) is 1. The van der Waals surface area contributed by atoms with E-state index in [4.69, 9.17) is 11.5 Å². The van der Waals surface area contributed by atoms with E-state index >= 15 is 0 Å². The highest BCUT2D eigenvalue weighted by Gasteiger charge is 2.25. The molecule has 0 bridgehead atoms. The highest BCUT2D eigenvalue weighted by Crippen LogP contribution is 2.23. The molecular weight excluding hydrogens is 254 g/mol. The van der Waals surface area contributed by atoms with Crippen molar-refractivity contribution in [1.82, 2.24) is 4.90 Å². The van der Waals surface area contributed by atoms with E-state index in [0.717, 1.165) is 25.8 Å². The van der Waals surface area contributed by atoms with Crippen molar-refractivity contribution in [2.45, 2.75) is 25.7 Å². The second-order valence-electron chi connectivity index (χ2n) is 5.35. The van der Waals surface area contributed by atoms with Crippen LogP contribution in [0, 0.1) is 5.92 Å². The van der Waals surface area contributed by atoms with E-state index in [0.29, 0.717) is 30.1 Å². The Bertz CT molecular complexity index is 502. The predicted molar refractivity (Wildman–Crippen MR) is 77.9 cm³/mol. The van der Waals surface area contributed by atoms with Crippen molar-refractivity contribution in [2.75, 3.05) is 18.8 Å². The Balaban J connectivity index is 2.00. The summed E-state index contributed by atoms with van der Waals surface area (Å²) in [6.07, 6.45) is 3.15. The molecule has 1 atom stereocenters. The zero-order valence-electron chi connectivity index (χ0n) is 11.5. The number of hydrogen-bond donors (Lipinski definition) is 2. The highest BCUT2D eigenvalue weighted by atomic mass is 16.2. The summed E-state index contributed by atoms with van der Waals surface area (Å²) in [5.41, 5.74) is 12.1. The first-order valence-electron chi connectivity index (χ1n) is 7.00. The summed E-state index contributed by atoms with van der Waals surface area (Å²) in [6, 6.07) is 7.13. The Kier molecular flexibility index (Phi) is 4.61. The summed E-state index contributed by atoms with van der Waals surface area (Å²) in [5.74, 6) is 0.0535. The number of para-hydroxylation sites is 1. The Hall–Kier alpha value is -2.04. The van der Waals surface area contributed by atoms with Gasteiger partial charge in [0.25, 0.3) is 5.91 Å². The molecule has 1 fully saturated rings. The number of rotatable bonds is 4. The van der Waals surface area contributed by atoms with Crippen LogP contribution in [0.5, 0.6) is 0 Å². The number of nitrogens with zero attached hydrogens (tertiary/aromatic N) is 1. The van der Waals surface area contributed by atoms with Gasteiger partial charge in [0.15, 0.2) is 0 Å². The second-order valence-corrected chi connectivity index (χ2v) is 5.35. The first kappa shape index (κ1) is 14.4. The largest absolute Gasteiger partial charge is 0.398 e. The molecule has 1 aliphatic heterocycles. The number of hydrogen-bond acceptors (Lipinski definition) is 3. The molecule has 1 aliphatic rings. The average Bonchev–Trinajstić information content (AvgIpc) is 2.45. The lowest BCUT2D eigenvalue weighted by Gasteiger charge is -2.33. The summed E-state index contributed by atoms with van der Waals surface area (Å²) in [5, 5.41) is 0. The molecule has 2 rings (SSSR count). The van der Waals surface area contributed by atoms with Crippen molar-refractivity contribution in [3.8, 4) is 0 Å². The smallest absolute Gasteiger partial charge is 0.255 e. The molecule has 108 valence electrons. The lowest BCUT2D eigenvalue weighted by atomic mass is 9.93. The SMILES string of the molecule is NC(=O)CCC1CCCN(C(=O)c2ccccc2N)C1. The van der Waals surface area contributed by atoms with Crippen LogP contribution in [0.15, 0.2) is 24.3 Å². The van der Waals surface area contributed by atoms with E-state index in [9.17, 15) is 9.59 Å². The predicted octanol–water partition coefficient (Wildman–Crippen LogP) is 1.39. The van der Waals surface area contributed by atoms with E-state index in [-0.39, 0.29) is 11.8 Å². The fourth-order valence-corrected chi connectivity index (χ4v) is 2.69. The minimum atomic E-state index is -0.277. The first-order chi connectivity index (χ1) is 9.58. The van der Waals surface area contributed by atoms with Crippen molar-refractivity contribution >= 4 is 17.5 Å². The highest BCUT2D eigenvalue weighted by molar-refractivity contribution is 5.99. The van der Waals surface area contributed by atoms with Crippen LogP contribution in [0.2, 0.25) is 0 Å². The van der Waals surface area contributed by atoms with E-state index in [2.05, 4.69) is 0 Å². The standard InChI is InChI=1S/C15H21N3O2/c16-13-6-2-1-5-12(13)15(20)18-9-3-4-11(10-18)7-8-14(17)19/h1-2,5-6,11H,3-4,7-10,16H2,(H2,17,19). The third-order valence-electron chi connectivity index (χ3n) is 3.80. The maximum atomic E-state index is 12.5. The average molecular weight is 275 g/mol. The molecule has 0 radical (unpaired) electrons. The van der Waals surface area contributed by atoms with Gasteiger partial charge in [0.2, 0.25) is 5.91 Å². The number of carbonyl (C=O) groups excluding carboxylic acids is 2. The van der Waals surface area contributed by atoms with Crippen molar-refractivity contribution in [2.24, 2.45) is 11.7 Å². The van der Waals surface area contributed by atoms with Gasteiger partial charge in [-0.1, -0.05) is 12.1 Å². The van der Waals surface area contributed by atoms with E-state index in [1.165, 1.54) is 0 Å². The number of amides is 2. The lowest BCUT2D eigenvalue weighted by Crippen LogP contribution is -2.40. The molecule has 1 aromatic rings. The van der Waals surface area contributed by atoms with Crippen LogP contribution in [-0.2, 0) is 4.79 Å². The molecule has 0 saturated carbocycles. The van der Waals surface area contributed by atoms with Gasteiger partial charge in [-0.05, 0) is 37.3 Å². The number of benzene rings is 1. The van der Waals surface area contributed by atoms with Crippen LogP contribution in [0.4, 0.5) is 5.69 Å². The summed E-state index contributed by atoms with van der Waals surface area (Å²) < 4.78 is 0. The molecule has 5 heteroatoms.